The average Bonchev–Trinajstić information content (AvgIpc) is 2.25. The fourth-order valence-corrected chi connectivity index (χ4v) is 1.11. The Morgan fingerprint density at radius 1 is 1.57 bits per heavy atom. The topological polar surface area (TPSA) is 93.3 Å². The lowest BCUT2D eigenvalue weighted by molar-refractivity contribution is 0.195. The first-order chi connectivity index (χ1) is 6.83. The summed E-state index contributed by atoms with van der Waals surface area (Å²) in [6.45, 7) is 2.12. The van der Waals surface area contributed by atoms with Gasteiger partial charge in [-0.05, 0) is 6.42 Å². The van der Waals surface area contributed by atoms with E-state index in [0.29, 0.717) is 18.1 Å². The van der Waals surface area contributed by atoms with E-state index in [1.165, 1.54) is 6.33 Å². The van der Waals surface area contributed by atoms with Crippen molar-refractivity contribution in [2.75, 3.05) is 18.6 Å². The molecule has 0 saturated carbocycles. The summed E-state index contributed by atoms with van der Waals surface area (Å²) in [5.74, 6) is 6.29. The van der Waals surface area contributed by atoms with Crippen LogP contribution in [0.25, 0.3) is 0 Å². The molecule has 1 rings (SSSR count). The van der Waals surface area contributed by atoms with Crippen LogP contribution in [0.1, 0.15) is 12.5 Å². The maximum Gasteiger partial charge on any atom is 0.221 e. The molecule has 6 heteroatoms. The molecular formula is C8H14N4O2. The van der Waals surface area contributed by atoms with E-state index in [-0.39, 0.29) is 13.2 Å². The minimum Gasteiger partial charge on any atom is -0.475 e. The molecule has 0 bridgehead atoms. The van der Waals surface area contributed by atoms with Crippen molar-refractivity contribution in [3.63, 3.8) is 0 Å². The summed E-state index contributed by atoms with van der Waals surface area (Å²) in [7, 11) is 0. The monoisotopic (exact) mass is 198 g/mol. The molecule has 0 radical (unpaired) electrons. The van der Waals surface area contributed by atoms with Gasteiger partial charge in [0.25, 0.3) is 0 Å². The highest BCUT2D eigenvalue weighted by Gasteiger charge is 2.09. The molecule has 0 fully saturated rings. The lowest BCUT2D eigenvalue weighted by Gasteiger charge is -2.10. The molecule has 0 aliphatic heterocycles. The van der Waals surface area contributed by atoms with Crippen molar-refractivity contribution < 1.29 is 9.84 Å². The lowest BCUT2D eigenvalue weighted by atomic mass is 10.2. The Labute approximate surface area is 82.1 Å². The Bertz CT molecular complexity index is 293. The number of aliphatic hydroxyl groups excluding tert-OH is 1. The summed E-state index contributed by atoms with van der Waals surface area (Å²) in [6.07, 6.45) is 2.07. The molecule has 0 aliphatic rings. The van der Waals surface area contributed by atoms with Crippen molar-refractivity contribution in [3.05, 3.63) is 11.9 Å². The van der Waals surface area contributed by atoms with Gasteiger partial charge in [-0.3, -0.25) is 0 Å². The Kier molecular flexibility index (Phi) is 4.09. The smallest absolute Gasteiger partial charge is 0.221 e. The molecule has 14 heavy (non-hydrogen) atoms. The van der Waals surface area contributed by atoms with E-state index >= 15 is 0 Å². The highest BCUT2D eigenvalue weighted by molar-refractivity contribution is 5.47. The third-order valence-electron chi connectivity index (χ3n) is 1.73. The number of rotatable bonds is 5. The molecule has 0 aromatic carbocycles. The number of anilines is 1. The zero-order valence-corrected chi connectivity index (χ0v) is 8.03. The van der Waals surface area contributed by atoms with Crippen molar-refractivity contribution in [1.29, 1.82) is 0 Å². The van der Waals surface area contributed by atoms with Crippen LogP contribution in [-0.4, -0.2) is 28.3 Å². The molecular weight excluding hydrogens is 184 g/mol. The van der Waals surface area contributed by atoms with Crippen LogP contribution in [0.3, 0.4) is 0 Å². The quantitative estimate of drug-likeness (QED) is 0.444. The molecule has 0 spiro atoms. The van der Waals surface area contributed by atoms with Gasteiger partial charge in [-0.15, -0.1) is 0 Å². The van der Waals surface area contributed by atoms with Crippen LogP contribution in [0, 0.1) is 0 Å². The van der Waals surface area contributed by atoms with E-state index in [0.717, 1.165) is 5.56 Å². The highest BCUT2D eigenvalue weighted by Crippen LogP contribution is 2.21. The molecule has 1 heterocycles. The second-order valence-electron chi connectivity index (χ2n) is 2.58. The van der Waals surface area contributed by atoms with E-state index in [1.807, 2.05) is 6.92 Å². The third-order valence-corrected chi connectivity index (χ3v) is 1.73. The molecule has 6 nitrogen and oxygen atoms in total. The molecule has 0 aliphatic carbocycles. The van der Waals surface area contributed by atoms with Gasteiger partial charge >= 0.3 is 0 Å². The van der Waals surface area contributed by atoms with E-state index in [4.69, 9.17) is 15.7 Å². The summed E-state index contributed by atoms with van der Waals surface area (Å²) in [5, 5.41) is 8.61. The van der Waals surface area contributed by atoms with Crippen molar-refractivity contribution in [1.82, 2.24) is 9.97 Å². The molecule has 1 aromatic rings. The number of nitrogens with two attached hydrogens (primary N) is 1. The van der Waals surface area contributed by atoms with Crippen molar-refractivity contribution in [2.45, 2.75) is 13.3 Å². The van der Waals surface area contributed by atoms with Crippen LogP contribution in [0.5, 0.6) is 5.88 Å². The lowest BCUT2D eigenvalue weighted by Crippen LogP contribution is -2.13. The second kappa shape index (κ2) is 5.36. The number of aliphatic hydroxyl groups is 1. The summed E-state index contributed by atoms with van der Waals surface area (Å²) >= 11 is 0. The number of hydrogen-bond donors (Lipinski definition) is 3. The maximum absolute atomic E-state index is 8.61. The Morgan fingerprint density at radius 3 is 2.93 bits per heavy atom. The van der Waals surface area contributed by atoms with Crippen LogP contribution < -0.4 is 16.0 Å². The average molecular weight is 198 g/mol. The zero-order chi connectivity index (χ0) is 10.4. The van der Waals surface area contributed by atoms with Gasteiger partial charge < -0.3 is 15.3 Å². The predicted octanol–water partition coefficient (Wildman–Crippen LogP) is -0.304. The fraction of sp³-hybridized carbons (Fsp3) is 0.500. The van der Waals surface area contributed by atoms with Gasteiger partial charge in [0.2, 0.25) is 5.88 Å². The fourth-order valence-electron chi connectivity index (χ4n) is 1.11. The first-order valence-corrected chi connectivity index (χ1v) is 4.37. The number of aromatic nitrogens is 2. The first kappa shape index (κ1) is 10.7. The SMILES string of the molecule is CCc1c(NN)ncnc1OCCO. The van der Waals surface area contributed by atoms with Crippen LogP contribution >= 0.6 is 0 Å². The second-order valence-corrected chi connectivity index (χ2v) is 2.58. The van der Waals surface area contributed by atoms with Crippen LogP contribution in [0.4, 0.5) is 5.82 Å². The summed E-state index contributed by atoms with van der Waals surface area (Å²) in [4.78, 5) is 7.90. The van der Waals surface area contributed by atoms with Crippen LogP contribution in [0.15, 0.2) is 6.33 Å². The molecule has 0 atom stereocenters. The zero-order valence-electron chi connectivity index (χ0n) is 8.03. The summed E-state index contributed by atoms with van der Waals surface area (Å²) in [6, 6.07) is 0. The van der Waals surface area contributed by atoms with Gasteiger partial charge in [-0.1, -0.05) is 6.92 Å². The Balaban J connectivity index is 2.90. The maximum atomic E-state index is 8.61. The summed E-state index contributed by atoms with van der Waals surface area (Å²) < 4.78 is 5.22. The number of hydrazine groups is 1. The van der Waals surface area contributed by atoms with E-state index in [1.54, 1.807) is 0 Å². The first-order valence-electron chi connectivity index (χ1n) is 4.37. The van der Waals surface area contributed by atoms with E-state index < -0.39 is 0 Å². The minimum absolute atomic E-state index is 0.0431. The predicted molar refractivity (Wildman–Crippen MR) is 51.8 cm³/mol. The molecule has 1 aromatic heterocycles. The molecule has 78 valence electrons. The third kappa shape index (κ3) is 2.30. The standard InChI is InChI=1S/C8H14N4O2/c1-2-6-7(12-9)10-5-11-8(6)14-4-3-13/h5,13H,2-4,9H2,1H3,(H,10,11,12). The van der Waals surface area contributed by atoms with Gasteiger partial charge in [0.1, 0.15) is 18.8 Å². The van der Waals surface area contributed by atoms with Crippen molar-refractivity contribution in [2.24, 2.45) is 5.84 Å². The minimum atomic E-state index is -0.0431. The van der Waals surface area contributed by atoms with Crippen LogP contribution in [0.2, 0.25) is 0 Å². The number of nitrogens with zero attached hydrogens (tertiary/aromatic N) is 2. The molecule has 0 amide bonds. The molecule has 0 saturated heterocycles. The van der Waals surface area contributed by atoms with E-state index in [9.17, 15) is 0 Å². The molecule has 0 unspecified atom stereocenters. The summed E-state index contributed by atoms with van der Waals surface area (Å²) in [5.41, 5.74) is 3.28. The van der Waals surface area contributed by atoms with Gasteiger partial charge in [0.15, 0.2) is 0 Å². The number of hydrogen-bond acceptors (Lipinski definition) is 6. The van der Waals surface area contributed by atoms with Gasteiger partial charge in [0.05, 0.1) is 12.2 Å². The Hall–Kier alpha value is -1.40. The highest BCUT2D eigenvalue weighted by atomic mass is 16.5. The van der Waals surface area contributed by atoms with Crippen LogP contribution in [-0.2, 0) is 6.42 Å². The van der Waals surface area contributed by atoms with Crippen molar-refractivity contribution in [3.8, 4) is 5.88 Å². The van der Waals surface area contributed by atoms with Crippen molar-refractivity contribution >= 4 is 5.82 Å². The number of nitrogen functional groups attached to an aromatic ring is 1. The van der Waals surface area contributed by atoms with E-state index in [2.05, 4.69) is 15.4 Å². The van der Waals surface area contributed by atoms with Gasteiger partial charge in [0, 0.05) is 0 Å². The normalized spacial score (nSPS) is 9.93. The van der Waals surface area contributed by atoms with Gasteiger partial charge in [-0.25, -0.2) is 15.8 Å². The van der Waals surface area contributed by atoms with Gasteiger partial charge in [-0.2, -0.15) is 0 Å². The number of ether oxygens (including phenoxy) is 1. The molecule has 4 N–H and O–H groups in total. The Morgan fingerprint density at radius 2 is 2.36 bits per heavy atom. The largest absolute Gasteiger partial charge is 0.475 e. The number of nitrogens with one attached hydrogen (secondary N) is 1.